The summed E-state index contributed by atoms with van der Waals surface area (Å²) in [6.07, 6.45) is -2.35. The molecule has 1 saturated heterocycles. The molecule has 0 radical (unpaired) electrons. The highest BCUT2D eigenvalue weighted by Crippen LogP contribution is 2.32. The summed E-state index contributed by atoms with van der Waals surface area (Å²) < 4.78 is 39.6. The Morgan fingerprint density at radius 1 is 1.23 bits per heavy atom. The van der Waals surface area contributed by atoms with Gasteiger partial charge in [-0.1, -0.05) is 6.92 Å². The van der Waals surface area contributed by atoms with Gasteiger partial charge < -0.3 is 15.5 Å². The highest BCUT2D eigenvalue weighted by atomic mass is 19.4. The summed E-state index contributed by atoms with van der Waals surface area (Å²) in [5, 5.41) is 5.56. The number of halogens is 3. The quantitative estimate of drug-likeness (QED) is 0.835. The maximum atomic E-state index is 13.2. The van der Waals surface area contributed by atoms with E-state index in [4.69, 9.17) is 0 Å². The minimum absolute atomic E-state index is 0.00228. The molecule has 144 valence electrons. The number of hydrogen-bond donors (Lipinski definition) is 2. The number of benzene rings is 1. The zero-order chi connectivity index (χ0) is 19.3. The smallest absolute Gasteiger partial charge is 0.336 e. The largest absolute Gasteiger partial charge is 0.416 e. The molecule has 0 atom stereocenters. The number of anilines is 1. The van der Waals surface area contributed by atoms with E-state index >= 15 is 0 Å². The third-order valence-electron chi connectivity index (χ3n) is 4.30. The molecule has 2 rings (SSSR count). The van der Waals surface area contributed by atoms with Gasteiger partial charge in [-0.25, -0.2) is 0 Å². The lowest BCUT2D eigenvalue weighted by Gasteiger charge is -2.35. The topological polar surface area (TPSA) is 61.4 Å². The van der Waals surface area contributed by atoms with E-state index in [9.17, 15) is 22.8 Å². The second kappa shape index (κ2) is 8.53. The Morgan fingerprint density at radius 3 is 2.42 bits per heavy atom. The average Bonchev–Trinajstić information content (AvgIpc) is 2.58. The van der Waals surface area contributed by atoms with Crippen LogP contribution in [0.5, 0.6) is 0 Å². The van der Waals surface area contributed by atoms with Crippen molar-refractivity contribution in [3.63, 3.8) is 0 Å². The van der Waals surface area contributed by atoms with Gasteiger partial charge in [-0.3, -0.25) is 9.59 Å². The molecule has 1 aliphatic rings. The number of alkyl halides is 3. The Bertz CT molecular complexity index is 656. The van der Waals surface area contributed by atoms with E-state index in [1.807, 2.05) is 6.92 Å². The Morgan fingerprint density at radius 2 is 1.88 bits per heavy atom. The highest BCUT2D eigenvalue weighted by molar-refractivity contribution is 5.97. The summed E-state index contributed by atoms with van der Waals surface area (Å²) in [5.41, 5.74) is -1.04. The van der Waals surface area contributed by atoms with Gasteiger partial charge in [0.15, 0.2) is 0 Å². The lowest BCUT2D eigenvalue weighted by atomic mass is 10.0. The lowest BCUT2D eigenvalue weighted by Crippen LogP contribution is -2.46. The molecule has 0 bridgehead atoms. The molecule has 26 heavy (non-hydrogen) atoms. The summed E-state index contributed by atoms with van der Waals surface area (Å²) in [7, 11) is 0. The number of carbonyl (C=O) groups is 2. The summed E-state index contributed by atoms with van der Waals surface area (Å²) in [5.74, 6) is -0.928. The van der Waals surface area contributed by atoms with Crippen molar-refractivity contribution in [3.05, 3.63) is 29.3 Å². The van der Waals surface area contributed by atoms with E-state index in [0.717, 1.165) is 38.1 Å². The van der Waals surface area contributed by atoms with Crippen LogP contribution in [0.2, 0.25) is 0 Å². The van der Waals surface area contributed by atoms with Crippen LogP contribution in [0, 0.1) is 0 Å². The van der Waals surface area contributed by atoms with Crippen molar-refractivity contribution in [1.82, 2.24) is 10.2 Å². The van der Waals surface area contributed by atoms with Crippen molar-refractivity contribution in [3.8, 4) is 0 Å². The molecular formula is C18H24F3N3O2. The maximum absolute atomic E-state index is 13.2. The van der Waals surface area contributed by atoms with Gasteiger partial charge in [0.25, 0.3) is 5.91 Å². The predicted octanol–water partition coefficient (Wildman–Crippen LogP) is 3.27. The van der Waals surface area contributed by atoms with Crippen molar-refractivity contribution >= 4 is 17.5 Å². The average molecular weight is 371 g/mol. The molecule has 0 spiro atoms. The molecule has 1 aromatic carbocycles. The molecule has 1 aromatic rings. The van der Waals surface area contributed by atoms with Gasteiger partial charge >= 0.3 is 6.18 Å². The van der Waals surface area contributed by atoms with E-state index in [-0.39, 0.29) is 17.3 Å². The number of nitrogens with one attached hydrogen (secondary N) is 2. The molecule has 1 aliphatic heterocycles. The van der Waals surface area contributed by atoms with Gasteiger partial charge in [-0.05, 0) is 50.6 Å². The monoisotopic (exact) mass is 371 g/mol. The number of carbonyl (C=O) groups excluding carboxylic acids is 2. The van der Waals surface area contributed by atoms with E-state index in [0.29, 0.717) is 13.0 Å². The minimum Gasteiger partial charge on any atom is -0.336 e. The normalized spacial score (nSPS) is 15.6. The van der Waals surface area contributed by atoms with E-state index < -0.39 is 23.6 Å². The predicted molar refractivity (Wildman–Crippen MR) is 93.0 cm³/mol. The highest BCUT2D eigenvalue weighted by Gasteiger charge is 2.33. The fraction of sp³-hybridized carbons (Fsp3) is 0.556. The number of amides is 2. The molecule has 2 N–H and O–H groups in total. The van der Waals surface area contributed by atoms with Gasteiger partial charge in [0.05, 0.1) is 5.56 Å². The molecule has 0 unspecified atom stereocenters. The SMILES string of the molecule is CCCN(C(=O)c1cc(NC(C)=O)cc(C(F)(F)F)c1)C1CCNCC1. The number of piperidine rings is 1. The first-order chi connectivity index (χ1) is 12.2. The molecule has 1 fully saturated rings. The lowest BCUT2D eigenvalue weighted by molar-refractivity contribution is -0.137. The van der Waals surface area contributed by atoms with Crippen LogP contribution >= 0.6 is 0 Å². The first-order valence-corrected chi connectivity index (χ1v) is 8.74. The van der Waals surface area contributed by atoms with Gasteiger partial charge in [0, 0.05) is 30.8 Å². The van der Waals surface area contributed by atoms with Crippen molar-refractivity contribution in [2.45, 2.75) is 45.3 Å². The molecule has 1 heterocycles. The number of nitrogens with zero attached hydrogens (tertiary/aromatic N) is 1. The van der Waals surface area contributed by atoms with Crippen molar-refractivity contribution < 1.29 is 22.8 Å². The zero-order valence-corrected chi connectivity index (χ0v) is 14.9. The zero-order valence-electron chi connectivity index (χ0n) is 14.9. The van der Waals surface area contributed by atoms with E-state index in [2.05, 4.69) is 10.6 Å². The van der Waals surface area contributed by atoms with Gasteiger partial charge in [0.2, 0.25) is 5.91 Å². The van der Waals surface area contributed by atoms with Crippen LogP contribution in [0.15, 0.2) is 18.2 Å². The van der Waals surface area contributed by atoms with E-state index in [1.165, 1.54) is 13.0 Å². The second-order valence-electron chi connectivity index (χ2n) is 6.46. The first kappa shape index (κ1) is 20.2. The van der Waals surface area contributed by atoms with Crippen LogP contribution in [0.3, 0.4) is 0 Å². The number of rotatable bonds is 5. The fourth-order valence-corrected chi connectivity index (χ4v) is 3.17. The minimum atomic E-state index is -4.60. The van der Waals surface area contributed by atoms with Crippen LogP contribution in [-0.4, -0.2) is 42.4 Å². The van der Waals surface area contributed by atoms with E-state index in [1.54, 1.807) is 4.90 Å². The molecule has 0 aliphatic carbocycles. The molecule has 0 aromatic heterocycles. The van der Waals surface area contributed by atoms with Crippen LogP contribution < -0.4 is 10.6 Å². The third kappa shape index (κ3) is 5.20. The third-order valence-corrected chi connectivity index (χ3v) is 4.30. The van der Waals surface area contributed by atoms with Crippen LogP contribution in [0.25, 0.3) is 0 Å². The van der Waals surface area contributed by atoms with Crippen LogP contribution in [0.1, 0.15) is 49.0 Å². The Balaban J connectivity index is 2.38. The fourth-order valence-electron chi connectivity index (χ4n) is 3.17. The Labute approximate surface area is 150 Å². The summed E-state index contributed by atoms with van der Waals surface area (Å²) >= 11 is 0. The van der Waals surface area contributed by atoms with Gasteiger partial charge in [-0.15, -0.1) is 0 Å². The molecule has 8 heteroatoms. The summed E-state index contributed by atoms with van der Waals surface area (Å²) in [6.45, 7) is 5.17. The first-order valence-electron chi connectivity index (χ1n) is 8.74. The molecule has 5 nitrogen and oxygen atoms in total. The molecule has 0 saturated carbocycles. The summed E-state index contributed by atoms with van der Waals surface area (Å²) in [4.78, 5) is 25.9. The van der Waals surface area contributed by atoms with Crippen molar-refractivity contribution in [1.29, 1.82) is 0 Å². The van der Waals surface area contributed by atoms with Gasteiger partial charge in [-0.2, -0.15) is 13.2 Å². The Kier molecular flexibility index (Phi) is 6.63. The van der Waals surface area contributed by atoms with Crippen molar-refractivity contribution in [2.24, 2.45) is 0 Å². The molecular weight excluding hydrogens is 347 g/mol. The van der Waals surface area contributed by atoms with Crippen molar-refractivity contribution in [2.75, 3.05) is 25.0 Å². The Hall–Kier alpha value is -2.09. The van der Waals surface area contributed by atoms with Gasteiger partial charge in [0.1, 0.15) is 0 Å². The number of hydrogen-bond acceptors (Lipinski definition) is 3. The summed E-state index contributed by atoms with van der Waals surface area (Å²) in [6, 6.07) is 3.01. The maximum Gasteiger partial charge on any atom is 0.416 e. The van der Waals surface area contributed by atoms with Crippen LogP contribution in [-0.2, 0) is 11.0 Å². The standard InChI is InChI=1S/C18H24F3N3O2/c1-3-8-24(16-4-6-22-7-5-16)17(26)13-9-14(18(19,20)21)11-15(10-13)23-12(2)25/h9-11,16,22H,3-8H2,1-2H3,(H,23,25). The van der Waals surface area contributed by atoms with Crippen LogP contribution in [0.4, 0.5) is 18.9 Å². The molecule has 2 amide bonds. The second-order valence-corrected chi connectivity index (χ2v) is 6.46.